The lowest BCUT2D eigenvalue weighted by Gasteiger charge is -2.33. The van der Waals surface area contributed by atoms with Gasteiger partial charge >= 0.3 is 0 Å². The first kappa shape index (κ1) is 23.3. The molecule has 0 aliphatic carbocycles. The van der Waals surface area contributed by atoms with E-state index in [0.29, 0.717) is 35.3 Å². The van der Waals surface area contributed by atoms with Gasteiger partial charge in [-0.05, 0) is 62.1 Å². The number of anilines is 2. The first-order valence-corrected chi connectivity index (χ1v) is 11.4. The van der Waals surface area contributed by atoms with E-state index >= 15 is 0 Å². The van der Waals surface area contributed by atoms with Crippen molar-refractivity contribution in [1.82, 2.24) is 5.16 Å². The predicted molar refractivity (Wildman–Crippen MR) is 132 cm³/mol. The van der Waals surface area contributed by atoms with Crippen molar-refractivity contribution in [3.63, 3.8) is 0 Å². The van der Waals surface area contributed by atoms with Crippen molar-refractivity contribution in [2.45, 2.75) is 53.2 Å². The molecule has 1 aliphatic rings. The average Bonchev–Trinajstić information content (AvgIpc) is 3.13. The molecule has 1 aliphatic heterocycles. The topological polar surface area (TPSA) is 84.7 Å². The van der Waals surface area contributed by atoms with Gasteiger partial charge < -0.3 is 19.5 Å². The Morgan fingerprint density at radius 2 is 1.91 bits per heavy atom. The number of aryl methyl sites for hydroxylation is 2. The first-order chi connectivity index (χ1) is 16.2. The van der Waals surface area contributed by atoms with E-state index in [4.69, 9.17) is 9.26 Å². The van der Waals surface area contributed by atoms with Gasteiger partial charge in [0.2, 0.25) is 5.91 Å². The summed E-state index contributed by atoms with van der Waals surface area (Å²) >= 11 is 0. The molecule has 1 atom stereocenters. The van der Waals surface area contributed by atoms with Crippen LogP contribution in [-0.4, -0.2) is 23.1 Å². The number of nitrogens with one attached hydrogen (secondary N) is 1. The van der Waals surface area contributed by atoms with Crippen LogP contribution < -0.4 is 15.0 Å². The Morgan fingerprint density at radius 1 is 1.18 bits per heavy atom. The largest absolute Gasteiger partial charge is 0.479 e. The van der Waals surface area contributed by atoms with E-state index in [2.05, 4.69) is 36.5 Å². The van der Waals surface area contributed by atoms with Crippen LogP contribution in [0.2, 0.25) is 0 Å². The smallest absolute Gasteiger partial charge is 0.268 e. The molecular weight excluding hydrogens is 430 g/mol. The number of ether oxygens (including phenoxy) is 1. The van der Waals surface area contributed by atoms with Crippen molar-refractivity contribution < 1.29 is 18.8 Å². The van der Waals surface area contributed by atoms with E-state index in [1.807, 2.05) is 26.0 Å². The third-order valence-electron chi connectivity index (χ3n) is 5.96. The molecule has 1 aromatic heterocycles. The molecular formula is C27H29N3O4. The standard InChI is InChI=1S/C27H29N3O4/c1-16(2)21-9-6-20(7-10-21)8-13-26(31)28-22-11-12-25-24(14-22)30(27(32)19(5)33-25)15-23-17(3)29-34-18(23)4/h6-14,16,19H,15H2,1-5H3,(H,28,31)/b13-8+. The highest BCUT2D eigenvalue weighted by atomic mass is 16.5. The molecule has 1 unspecified atom stereocenters. The number of aromatic nitrogens is 1. The highest BCUT2D eigenvalue weighted by Gasteiger charge is 2.33. The van der Waals surface area contributed by atoms with Crippen LogP contribution in [-0.2, 0) is 16.1 Å². The van der Waals surface area contributed by atoms with Crippen LogP contribution in [0.3, 0.4) is 0 Å². The number of fused-ring (bicyclic) bond motifs is 1. The summed E-state index contributed by atoms with van der Waals surface area (Å²) in [5.74, 6) is 1.28. The van der Waals surface area contributed by atoms with Crippen LogP contribution >= 0.6 is 0 Å². The van der Waals surface area contributed by atoms with E-state index in [1.165, 1.54) is 11.6 Å². The van der Waals surface area contributed by atoms with Gasteiger partial charge in [-0.25, -0.2) is 0 Å². The second kappa shape index (κ2) is 9.55. The maximum Gasteiger partial charge on any atom is 0.268 e. The molecule has 1 N–H and O–H groups in total. The summed E-state index contributed by atoms with van der Waals surface area (Å²) < 4.78 is 11.0. The molecule has 2 heterocycles. The molecule has 2 aromatic carbocycles. The number of hydrogen-bond donors (Lipinski definition) is 1. The minimum Gasteiger partial charge on any atom is -0.479 e. The number of benzene rings is 2. The summed E-state index contributed by atoms with van der Waals surface area (Å²) in [5, 5.41) is 6.86. The quantitative estimate of drug-likeness (QED) is 0.500. The SMILES string of the molecule is Cc1noc(C)c1CN1C(=O)C(C)Oc2ccc(NC(=O)/C=C/c3ccc(C(C)C)cc3)cc21. The number of rotatable bonds is 6. The van der Waals surface area contributed by atoms with Gasteiger partial charge in [-0.3, -0.25) is 9.59 Å². The van der Waals surface area contributed by atoms with Crippen LogP contribution in [0.5, 0.6) is 5.75 Å². The molecule has 4 rings (SSSR count). The van der Waals surface area contributed by atoms with E-state index < -0.39 is 6.10 Å². The van der Waals surface area contributed by atoms with E-state index in [9.17, 15) is 9.59 Å². The molecule has 0 spiro atoms. The number of carbonyl (C=O) groups is 2. The fraction of sp³-hybridized carbons (Fsp3) is 0.296. The summed E-state index contributed by atoms with van der Waals surface area (Å²) in [6.45, 7) is 9.99. The predicted octanol–water partition coefficient (Wildman–Crippen LogP) is 5.38. The zero-order valence-electron chi connectivity index (χ0n) is 20.1. The Balaban J connectivity index is 1.53. The highest BCUT2D eigenvalue weighted by Crippen LogP contribution is 2.37. The Labute approximate surface area is 199 Å². The summed E-state index contributed by atoms with van der Waals surface area (Å²) in [7, 11) is 0. The molecule has 176 valence electrons. The Kier molecular flexibility index (Phi) is 6.54. The van der Waals surface area contributed by atoms with Crippen molar-refractivity contribution in [2.75, 3.05) is 10.2 Å². The van der Waals surface area contributed by atoms with Crippen molar-refractivity contribution >= 4 is 29.3 Å². The average molecular weight is 460 g/mol. The fourth-order valence-corrected chi connectivity index (χ4v) is 3.88. The summed E-state index contributed by atoms with van der Waals surface area (Å²) in [6.07, 6.45) is 2.66. The van der Waals surface area contributed by atoms with Gasteiger partial charge in [0.05, 0.1) is 17.9 Å². The number of carbonyl (C=O) groups excluding carboxylic acids is 2. The summed E-state index contributed by atoms with van der Waals surface area (Å²) in [6, 6.07) is 13.4. The van der Waals surface area contributed by atoms with Crippen molar-refractivity contribution in [1.29, 1.82) is 0 Å². The van der Waals surface area contributed by atoms with Gasteiger partial charge in [0.25, 0.3) is 5.91 Å². The zero-order valence-corrected chi connectivity index (χ0v) is 20.1. The lowest BCUT2D eigenvalue weighted by molar-refractivity contribution is -0.125. The van der Waals surface area contributed by atoms with Gasteiger partial charge in [-0.1, -0.05) is 43.3 Å². The molecule has 0 saturated carbocycles. The Morgan fingerprint density at radius 3 is 2.56 bits per heavy atom. The molecule has 34 heavy (non-hydrogen) atoms. The maximum absolute atomic E-state index is 12.9. The minimum absolute atomic E-state index is 0.166. The van der Waals surface area contributed by atoms with Gasteiger partial charge in [0, 0.05) is 17.3 Å². The molecule has 7 heteroatoms. The fourth-order valence-electron chi connectivity index (χ4n) is 3.88. The highest BCUT2D eigenvalue weighted by molar-refractivity contribution is 6.04. The van der Waals surface area contributed by atoms with Crippen LogP contribution in [0.15, 0.2) is 53.1 Å². The Bertz CT molecular complexity index is 1220. The zero-order chi connectivity index (χ0) is 24.4. The van der Waals surface area contributed by atoms with E-state index in [0.717, 1.165) is 16.8 Å². The van der Waals surface area contributed by atoms with Gasteiger partial charge in [0.15, 0.2) is 6.10 Å². The summed E-state index contributed by atoms with van der Waals surface area (Å²) in [5.41, 5.74) is 4.95. The van der Waals surface area contributed by atoms with Crippen LogP contribution in [0, 0.1) is 13.8 Å². The Hall–Kier alpha value is -3.87. The minimum atomic E-state index is -0.613. The van der Waals surface area contributed by atoms with Gasteiger partial charge in [-0.2, -0.15) is 0 Å². The van der Waals surface area contributed by atoms with Crippen molar-refractivity contribution in [2.24, 2.45) is 0 Å². The van der Waals surface area contributed by atoms with E-state index in [-0.39, 0.29) is 11.8 Å². The molecule has 0 radical (unpaired) electrons. The second-order valence-corrected chi connectivity index (χ2v) is 8.81. The molecule has 0 bridgehead atoms. The van der Waals surface area contributed by atoms with E-state index in [1.54, 1.807) is 36.1 Å². The normalized spacial score (nSPS) is 15.5. The van der Waals surface area contributed by atoms with Crippen LogP contribution in [0.4, 0.5) is 11.4 Å². The third-order valence-corrected chi connectivity index (χ3v) is 5.96. The summed E-state index contributed by atoms with van der Waals surface area (Å²) in [4.78, 5) is 27.1. The lowest BCUT2D eigenvalue weighted by Crippen LogP contribution is -2.44. The van der Waals surface area contributed by atoms with Crippen LogP contribution in [0.1, 0.15) is 54.8 Å². The van der Waals surface area contributed by atoms with Crippen molar-refractivity contribution in [3.8, 4) is 5.75 Å². The van der Waals surface area contributed by atoms with Gasteiger partial charge in [-0.15, -0.1) is 0 Å². The molecule has 2 amide bonds. The molecule has 0 fully saturated rings. The number of nitrogens with zero attached hydrogens (tertiary/aromatic N) is 2. The van der Waals surface area contributed by atoms with Crippen LogP contribution in [0.25, 0.3) is 6.08 Å². The number of hydrogen-bond acceptors (Lipinski definition) is 5. The third kappa shape index (κ3) is 4.88. The first-order valence-electron chi connectivity index (χ1n) is 11.4. The molecule has 0 saturated heterocycles. The van der Waals surface area contributed by atoms with Crippen molar-refractivity contribution in [3.05, 3.63) is 76.7 Å². The lowest BCUT2D eigenvalue weighted by atomic mass is 10.0. The van der Waals surface area contributed by atoms with Gasteiger partial charge in [0.1, 0.15) is 11.5 Å². The monoisotopic (exact) mass is 459 g/mol. The maximum atomic E-state index is 12.9. The molecule has 3 aromatic rings. The molecule has 7 nitrogen and oxygen atoms in total. The number of amides is 2. The second-order valence-electron chi connectivity index (χ2n) is 8.81.